The summed E-state index contributed by atoms with van der Waals surface area (Å²) in [4.78, 5) is 2.52. The summed E-state index contributed by atoms with van der Waals surface area (Å²) < 4.78 is 24.1. The number of hydrazone groups is 1. The number of rotatable bonds is 3. The van der Waals surface area contributed by atoms with E-state index in [1.807, 2.05) is 18.2 Å². The highest BCUT2D eigenvalue weighted by atomic mass is 16.6. The van der Waals surface area contributed by atoms with Gasteiger partial charge in [0.15, 0.2) is 23.0 Å². The lowest BCUT2D eigenvalue weighted by atomic mass is 9.90. The maximum Gasteiger partial charge on any atom is 0.200 e. The molecule has 7 nitrogen and oxygen atoms in total. The minimum Gasteiger partial charge on any atom is -0.493 e. The van der Waals surface area contributed by atoms with E-state index in [2.05, 4.69) is 42.0 Å². The molecular formula is C26H31N3O4. The zero-order chi connectivity index (χ0) is 22.6. The normalized spacial score (nSPS) is 23.1. The zero-order valence-electron chi connectivity index (χ0n) is 19.5. The van der Waals surface area contributed by atoms with Crippen molar-refractivity contribution < 1.29 is 18.9 Å². The number of likely N-dealkylation sites (tertiary alicyclic amines) is 1. The van der Waals surface area contributed by atoms with E-state index in [0.29, 0.717) is 19.3 Å². The maximum absolute atomic E-state index is 6.82. The van der Waals surface area contributed by atoms with Crippen LogP contribution in [0.4, 0.5) is 0 Å². The topological polar surface area (TPSA) is 55.8 Å². The number of fused-ring (bicyclic) bond motifs is 5. The molecule has 0 aliphatic carbocycles. The molecule has 1 fully saturated rings. The Balaban J connectivity index is 1.40. The van der Waals surface area contributed by atoms with Gasteiger partial charge in [0.2, 0.25) is 5.72 Å². The van der Waals surface area contributed by atoms with Crippen molar-refractivity contribution in [3.05, 3.63) is 47.5 Å². The molecule has 0 unspecified atom stereocenters. The Bertz CT molecular complexity index is 1090. The number of benzene rings is 2. The smallest absolute Gasteiger partial charge is 0.200 e. The maximum atomic E-state index is 6.82. The van der Waals surface area contributed by atoms with Gasteiger partial charge in [-0.3, -0.25) is 0 Å². The lowest BCUT2D eigenvalue weighted by Crippen LogP contribution is -2.59. The number of nitrogens with zero attached hydrogens (tertiary/aromatic N) is 3. The van der Waals surface area contributed by atoms with Crippen LogP contribution in [-0.4, -0.2) is 60.8 Å². The molecule has 0 amide bonds. The third-order valence-electron chi connectivity index (χ3n) is 7.39. The van der Waals surface area contributed by atoms with Gasteiger partial charge in [-0.25, -0.2) is 5.01 Å². The summed E-state index contributed by atoms with van der Waals surface area (Å²) in [5.41, 5.74) is 2.81. The zero-order valence-corrected chi connectivity index (χ0v) is 19.5. The van der Waals surface area contributed by atoms with Crippen molar-refractivity contribution in [3.63, 3.8) is 0 Å². The molecule has 0 N–H and O–H groups in total. The summed E-state index contributed by atoms with van der Waals surface area (Å²) in [6.07, 6.45) is 2.62. The van der Waals surface area contributed by atoms with Gasteiger partial charge in [-0.2, -0.15) is 5.10 Å². The largest absolute Gasteiger partial charge is 0.493 e. The summed E-state index contributed by atoms with van der Waals surface area (Å²) in [5, 5.41) is 7.45. The molecule has 33 heavy (non-hydrogen) atoms. The van der Waals surface area contributed by atoms with Crippen molar-refractivity contribution in [2.45, 2.75) is 50.9 Å². The SMILES string of the molecule is COc1cccc2c1OC1(CCN(C(C)C)CC1)N1N=C(c3ccc4c(c3)OCCO4)C[C@@H]21. The molecule has 2 aromatic carbocycles. The molecule has 1 saturated heterocycles. The highest BCUT2D eigenvalue weighted by Gasteiger charge is 2.52. The Morgan fingerprint density at radius 3 is 2.61 bits per heavy atom. The highest BCUT2D eigenvalue weighted by Crippen LogP contribution is 2.53. The lowest BCUT2D eigenvalue weighted by molar-refractivity contribution is -0.153. The molecule has 174 valence electrons. The second-order valence-corrected chi connectivity index (χ2v) is 9.53. The Kier molecular flexibility index (Phi) is 4.91. The lowest BCUT2D eigenvalue weighted by Gasteiger charge is -2.51. The van der Waals surface area contributed by atoms with Gasteiger partial charge < -0.3 is 23.8 Å². The van der Waals surface area contributed by atoms with Gasteiger partial charge in [0, 0.05) is 49.5 Å². The summed E-state index contributed by atoms with van der Waals surface area (Å²) >= 11 is 0. The molecule has 0 radical (unpaired) electrons. The summed E-state index contributed by atoms with van der Waals surface area (Å²) in [7, 11) is 1.71. The second-order valence-electron chi connectivity index (χ2n) is 9.53. The van der Waals surface area contributed by atoms with E-state index in [1.165, 1.54) is 0 Å². The van der Waals surface area contributed by atoms with Crippen LogP contribution in [-0.2, 0) is 0 Å². The molecule has 1 spiro atoms. The molecule has 0 bridgehead atoms. The monoisotopic (exact) mass is 449 g/mol. The van der Waals surface area contributed by atoms with Crippen molar-refractivity contribution in [2.75, 3.05) is 33.4 Å². The summed E-state index contributed by atoms with van der Waals surface area (Å²) in [5.74, 6) is 3.27. The van der Waals surface area contributed by atoms with Crippen molar-refractivity contribution in [2.24, 2.45) is 5.10 Å². The van der Waals surface area contributed by atoms with Crippen LogP contribution in [0.1, 0.15) is 50.3 Å². The Hall–Kier alpha value is -2.93. The van der Waals surface area contributed by atoms with Crippen molar-refractivity contribution in [3.8, 4) is 23.0 Å². The number of hydrogen-bond donors (Lipinski definition) is 0. The molecule has 4 aliphatic heterocycles. The van der Waals surface area contributed by atoms with Crippen LogP contribution < -0.4 is 18.9 Å². The van der Waals surface area contributed by atoms with Gasteiger partial charge in [-0.1, -0.05) is 12.1 Å². The van der Waals surface area contributed by atoms with Crippen LogP contribution in [0.5, 0.6) is 23.0 Å². The van der Waals surface area contributed by atoms with Crippen LogP contribution in [0.3, 0.4) is 0 Å². The number of hydrogen-bond acceptors (Lipinski definition) is 7. The molecule has 2 aromatic rings. The summed E-state index contributed by atoms with van der Waals surface area (Å²) in [6.45, 7) is 7.66. The summed E-state index contributed by atoms with van der Waals surface area (Å²) in [6, 6.07) is 13.0. The van der Waals surface area contributed by atoms with E-state index < -0.39 is 5.72 Å². The number of piperidine rings is 1. The molecule has 7 heteroatoms. The minimum atomic E-state index is -0.465. The van der Waals surface area contributed by atoms with E-state index in [1.54, 1.807) is 7.11 Å². The number of para-hydroxylation sites is 1. The average molecular weight is 450 g/mol. The fourth-order valence-corrected chi connectivity index (χ4v) is 5.55. The Labute approximate surface area is 194 Å². The van der Waals surface area contributed by atoms with E-state index in [4.69, 9.17) is 24.0 Å². The fraction of sp³-hybridized carbons (Fsp3) is 0.500. The van der Waals surface area contributed by atoms with E-state index >= 15 is 0 Å². The quantitative estimate of drug-likeness (QED) is 0.700. The Morgan fingerprint density at radius 1 is 1.06 bits per heavy atom. The first-order chi connectivity index (χ1) is 16.1. The number of methoxy groups -OCH3 is 1. The van der Waals surface area contributed by atoms with Gasteiger partial charge in [-0.15, -0.1) is 0 Å². The highest BCUT2D eigenvalue weighted by molar-refractivity contribution is 6.02. The molecule has 0 saturated carbocycles. The first-order valence-corrected chi connectivity index (χ1v) is 11.9. The molecule has 1 atom stereocenters. The predicted molar refractivity (Wildman–Crippen MR) is 125 cm³/mol. The first-order valence-electron chi connectivity index (χ1n) is 11.9. The molecule has 4 aliphatic rings. The Morgan fingerprint density at radius 2 is 1.85 bits per heavy atom. The van der Waals surface area contributed by atoms with Crippen LogP contribution in [0, 0.1) is 0 Å². The second kappa shape index (κ2) is 7.83. The van der Waals surface area contributed by atoms with Gasteiger partial charge in [0.05, 0.1) is 18.9 Å². The van der Waals surface area contributed by atoms with E-state index in [9.17, 15) is 0 Å². The van der Waals surface area contributed by atoms with Gasteiger partial charge in [-0.05, 0) is 38.1 Å². The van der Waals surface area contributed by atoms with E-state index in [0.717, 1.165) is 72.2 Å². The third-order valence-corrected chi connectivity index (χ3v) is 7.39. The van der Waals surface area contributed by atoms with Crippen molar-refractivity contribution in [1.82, 2.24) is 9.91 Å². The van der Waals surface area contributed by atoms with E-state index in [-0.39, 0.29) is 6.04 Å². The van der Waals surface area contributed by atoms with Gasteiger partial charge >= 0.3 is 0 Å². The van der Waals surface area contributed by atoms with Crippen LogP contribution in [0.2, 0.25) is 0 Å². The molecule has 4 heterocycles. The first kappa shape index (κ1) is 20.7. The molecular weight excluding hydrogens is 418 g/mol. The molecule has 0 aromatic heterocycles. The van der Waals surface area contributed by atoms with Crippen molar-refractivity contribution in [1.29, 1.82) is 0 Å². The van der Waals surface area contributed by atoms with Crippen LogP contribution in [0.15, 0.2) is 41.5 Å². The minimum absolute atomic E-state index is 0.123. The third kappa shape index (κ3) is 3.32. The van der Waals surface area contributed by atoms with Gasteiger partial charge in [0.1, 0.15) is 13.2 Å². The van der Waals surface area contributed by atoms with Crippen molar-refractivity contribution >= 4 is 5.71 Å². The average Bonchev–Trinajstić information content (AvgIpc) is 3.31. The number of ether oxygens (including phenoxy) is 4. The standard InChI is InChI=1S/C26H31N3O4/c1-17(2)28-11-9-26(10-12-28)29-21(19-5-4-6-23(30-3)25(19)33-26)16-20(27-29)18-7-8-22-24(15-18)32-14-13-31-22/h4-8,15,17,21H,9-14,16H2,1-3H3/t21-/m0/s1. The van der Waals surface area contributed by atoms with Crippen LogP contribution >= 0.6 is 0 Å². The fourth-order valence-electron chi connectivity index (χ4n) is 5.55. The van der Waals surface area contributed by atoms with Gasteiger partial charge in [0.25, 0.3) is 0 Å². The molecule has 6 rings (SSSR count). The predicted octanol–water partition coefficient (Wildman–Crippen LogP) is 4.21. The van der Waals surface area contributed by atoms with Crippen LogP contribution in [0.25, 0.3) is 0 Å².